The maximum atomic E-state index is 13.9. The second-order valence-corrected chi connectivity index (χ2v) is 8.29. The molecular weight excluding hydrogens is 369 g/mol. The third-order valence-corrected chi connectivity index (χ3v) is 6.47. The van der Waals surface area contributed by atoms with Gasteiger partial charge in [0.1, 0.15) is 18.2 Å². The highest BCUT2D eigenvalue weighted by molar-refractivity contribution is 5.79. The Balaban J connectivity index is 1.35. The molecular formula is C23H26FN3O2. The predicted octanol–water partition coefficient (Wildman–Crippen LogP) is 2.44. The van der Waals surface area contributed by atoms with Crippen LogP contribution in [0.4, 0.5) is 4.39 Å². The van der Waals surface area contributed by atoms with Gasteiger partial charge in [0, 0.05) is 44.2 Å². The molecule has 0 unspecified atom stereocenters. The smallest absolute Gasteiger partial charge is 0.237 e. The van der Waals surface area contributed by atoms with E-state index in [4.69, 9.17) is 4.74 Å². The Bertz CT molecular complexity index is 905. The maximum Gasteiger partial charge on any atom is 0.237 e. The van der Waals surface area contributed by atoms with Crippen molar-refractivity contribution in [3.05, 3.63) is 65.5 Å². The first-order valence-electron chi connectivity index (χ1n) is 10.4. The number of fused-ring (bicyclic) bond motifs is 2. The summed E-state index contributed by atoms with van der Waals surface area (Å²) < 4.78 is 19.7. The van der Waals surface area contributed by atoms with Gasteiger partial charge in [-0.25, -0.2) is 4.39 Å². The van der Waals surface area contributed by atoms with E-state index in [1.807, 2.05) is 29.2 Å². The van der Waals surface area contributed by atoms with E-state index in [0.717, 1.165) is 36.5 Å². The molecule has 29 heavy (non-hydrogen) atoms. The van der Waals surface area contributed by atoms with E-state index < -0.39 is 0 Å². The van der Waals surface area contributed by atoms with Gasteiger partial charge in [0.25, 0.3) is 0 Å². The van der Waals surface area contributed by atoms with Crippen LogP contribution < -0.4 is 10.1 Å². The number of rotatable bonds is 3. The van der Waals surface area contributed by atoms with Crippen LogP contribution in [-0.2, 0) is 11.3 Å². The maximum absolute atomic E-state index is 13.9. The third kappa shape index (κ3) is 3.63. The van der Waals surface area contributed by atoms with Gasteiger partial charge in [0.2, 0.25) is 5.91 Å². The standard InChI is InChI=1S/C23H26FN3O2/c24-19-6-3-5-16(10-19)23-20-12-25-11-18(20)14-27(23)22(28)15-26-8-9-29-21-7-2-1-4-17(21)13-26/h1-7,10,18,20,23,25H,8-9,11-15H2/t18-,20-,23+/m0/s1. The summed E-state index contributed by atoms with van der Waals surface area (Å²) in [7, 11) is 0. The topological polar surface area (TPSA) is 44.8 Å². The number of carbonyl (C=O) groups is 1. The Morgan fingerprint density at radius 3 is 2.97 bits per heavy atom. The van der Waals surface area contributed by atoms with E-state index >= 15 is 0 Å². The molecule has 1 amide bonds. The summed E-state index contributed by atoms with van der Waals surface area (Å²) in [5.41, 5.74) is 2.01. The number of amides is 1. The Morgan fingerprint density at radius 2 is 2.07 bits per heavy atom. The number of hydrogen-bond acceptors (Lipinski definition) is 4. The Kier molecular flexibility index (Phi) is 4.97. The lowest BCUT2D eigenvalue weighted by Gasteiger charge is -2.30. The van der Waals surface area contributed by atoms with Crippen molar-refractivity contribution in [2.24, 2.45) is 11.8 Å². The molecule has 3 aliphatic heterocycles. The first kappa shape index (κ1) is 18.6. The van der Waals surface area contributed by atoms with Gasteiger partial charge in [0.05, 0.1) is 12.6 Å². The molecule has 0 bridgehead atoms. The number of nitrogens with one attached hydrogen (secondary N) is 1. The van der Waals surface area contributed by atoms with Crippen LogP contribution >= 0.6 is 0 Å². The Labute approximate surface area is 170 Å². The summed E-state index contributed by atoms with van der Waals surface area (Å²) in [6.45, 7) is 4.88. The summed E-state index contributed by atoms with van der Waals surface area (Å²) in [5, 5.41) is 3.44. The first-order chi connectivity index (χ1) is 14.2. The lowest BCUT2D eigenvalue weighted by molar-refractivity contribution is -0.134. The Hall–Kier alpha value is -2.44. The highest BCUT2D eigenvalue weighted by atomic mass is 19.1. The Morgan fingerprint density at radius 1 is 1.17 bits per heavy atom. The van der Waals surface area contributed by atoms with E-state index in [0.29, 0.717) is 38.1 Å². The molecule has 152 valence electrons. The predicted molar refractivity (Wildman–Crippen MR) is 108 cm³/mol. The normalized spacial score (nSPS) is 26.5. The van der Waals surface area contributed by atoms with E-state index in [-0.39, 0.29) is 17.8 Å². The third-order valence-electron chi connectivity index (χ3n) is 6.47. The SMILES string of the molecule is O=C(CN1CCOc2ccccc2C1)N1C[C@@H]2CNC[C@@H]2[C@H]1c1cccc(F)c1. The minimum atomic E-state index is -0.245. The summed E-state index contributed by atoms with van der Waals surface area (Å²) in [5.74, 6) is 1.55. The summed E-state index contributed by atoms with van der Waals surface area (Å²) in [6, 6.07) is 14.7. The highest BCUT2D eigenvalue weighted by Crippen LogP contribution is 2.42. The molecule has 2 fully saturated rings. The van der Waals surface area contributed by atoms with Gasteiger partial charge in [-0.05, 0) is 29.7 Å². The molecule has 5 nitrogen and oxygen atoms in total. The van der Waals surface area contributed by atoms with Gasteiger partial charge in [-0.2, -0.15) is 0 Å². The zero-order valence-electron chi connectivity index (χ0n) is 16.4. The van der Waals surface area contributed by atoms with Crippen LogP contribution in [0.15, 0.2) is 48.5 Å². The van der Waals surface area contributed by atoms with Crippen LogP contribution in [0.5, 0.6) is 5.75 Å². The van der Waals surface area contributed by atoms with Gasteiger partial charge in [-0.1, -0.05) is 30.3 Å². The van der Waals surface area contributed by atoms with Crippen molar-refractivity contribution in [1.82, 2.24) is 15.1 Å². The lowest BCUT2D eigenvalue weighted by Crippen LogP contribution is -2.42. The summed E-state index contributed by atoms with van der Waals surface area (Å²) in [6.07, 6.45) is 0. The monoisotopic (exact) mass is 395 g/mol. The molecule has 2 saturated heterocycles. The van der Waals surface area contributed by atoms with Crippen molar-refractivity contribution < 1.29 is 13.9 Å². The number of likely N-dealkylation sites (tertiary alicyclic amines) is 1. The van der Waals surface area contributed by atoms with Crippen molar-refractivity contribution in [2.45, 2.75) is 12.6 Å². The second kappa shape index (κ2) is 7.76. The molecule has 0 aliphatic carbocycles. The molecule has 0 spiro atoms. The van der Waals surface area contributed by atoms with Crippen molar-refractivity contribution in [1.29, 1.82) is 0 Å². The summed E-state index contributed by atoms with van der Waals surface area (Å²) >= 11 is 0. The van der Waals surface area contributed by atoms with Crippen molar-refractivity contribution in [3.63, 3.8) is 0 Å². The largest absolute Gasteiger partial charge is 0.492 e. The number of halogens is 1. The molecule has 0 aromatic heterocycles. The van der Waals surface area contributed by atoms with Crippen LogP contribution in [0.25, 0.3) is 0 Å². The van der Waals surface area contributed by atoms with Crippen molar-refractivity contribution in [2.75, 3.05) is 39.3 Å². The highest BCUT2D eigenvalue weighted by Gasteiger charge is 2.46. The first-order valence-corrected chi connectivity index (χ1v) is 10.4. The van der Waals surface area contributed by atoms with E-state index in [1.165, 1.54) is 6.07 Å². The minimum Gasteiger partial charge on any atom is -0.492 e. The quantitative estimate of drug-likeness (QED) is 0.867. The lowest BCUT2D eigenvalue weighted by atomic mass is 9.89. The van der Waals surface area contributed by atoms with Crippen LogP contribution in [0.1, 0.15) is 17.2 Å². The van der Waals surface area contributed by atoms with Crippen molar-refractivity contribution in [3.8, 4) is 5.75 Å². The summed E-state index contributed by atoms with van der Waals surface area (Å²) in [4.78, 5) is 17.5. The molecule has 0 saturated carbocycles. The molecule has 2 aromatic rings. The number of hydrogen-bond donors (Lipinski definition) is 1. The number of nitrogens with zero attached hydrogens (tertiary/aromatic N) is 2. The van der Waals surface area contributed by atoms with Gasteiger partial charge in [-0.3, -0.25) is 9.69 Å². The van der Waals surface area contributed by atoms with E-state index in [9.17, 15) is 9.18 Å². The molecule has 3 atom stereocenters. The molecule has 3 aliphatic rings. The molecule has 0 radical (unpaired) electrons. The average Bonchev–Trinajstić information content (AvgIpc) is 3.24. The number of benzene rings is 2. The zero-order chi connectivity index (χ0) is 19.8. The molecule has 6 heteroatoms. The number of carbonyl (C=O) groups excluding carboxylic acids is 1. The molecule has 2 aromatic carbocycles. The minimum absolute atomic E-state index is 0.0614. The molecule has 1 N–H and O–H groups in total. The van der Waals surface area contributed by atoms with E-state index in [1.54, 1.807) is 12.1 Å². The van der Waals surface area contributed by atoms with Crippen LogP contribution in [0, 0.1) is 17.7 Å². The fraction of sp³-hybridized carbons (Fsp3) is 0.435. The van der Waals surface area contributed by atoms with Gasteiger partial charge in [0.15, 0.2) is 0 Å². The van der Waals surface area contributed by atoms with Crippen molar-refractivity contribution >= 4 is 5.91 Å². The second-order valence-electron chi connectivity index (χ2n) is 8.29. The van der Waals surface area contributed by atoms with Crippen LogP contribution in [0.3, 0.4) is 0 Å². The number of para-hydroxylation sites is 1. The zero-order valence-corrected chi connectivity index (χ0v) is 16.4. The fourth-order valence-electron chi connectivity index (χ4n) is 5.09. The van der Waals surface area contributed by atoms with Gasteiger partial charge >= 0.3 is 0 Å². The fourth-order valence-corrected chi connectivity index (χ4v) is 5.09. The van der Waals surface area contributed by atoms with Crippen LogP contribution in [-0.4, -0.2) is 55.0 Å². The van der Waals surface area contributed by atoms with Crippen LogP contribution in [0.2, 0.25) is 0 Å². The molecule has 5 rings (SSSR count). The van der Waals surface area contributed by atoms with E-state index in [2.05, 4.69) is 16.3 Å². The average molecular weight is 395 g/mol. The number of ether oxygens (including phenoxy) is 1. The van der Waals surface area contributed by atoms with Gasteiger partial charge < -0.3 is 15.0 Å². The molecule has 3 heterocycles. The van der Waals surface area contributed by atoms with Gasteiger partial charge in [-0.15, -0.1) is 0 Å².